The van der Waals surface area contributed by atoms with Crippen LogP contribution in [0.4, 0.5) is 5.69 Å². The SMILES string of the molecule is CC(=O)Nc1ccc(CN2CCC(O)(c3ccc4nc(C)ccc4c3)CC2)cc1. The summed E-state index contributed by atoms with van der Waals surface area (Å²) in [5.74, 6) is -0.0623. The lowest BCUT2D eigenvalue weighted by atomic mass is 9.84. The van der Waals surface area contributed by atoms with Crippen LogP contribution in [0.1, 0.15) is 36.6 Å². The number of benzene rings is 2. The Morgan fingerprint density at radius 2 is 1.83 bits per heavy atom. The number of anilines is 1. The molecular weight excluding hydrogens is 362 g/mol. The summed E-state index contributed by atoms with van der Waals surface area (Å²) in [7, 11) is 0. The Morgan fingerprint density at radius 3 is 2.52 bits per heavy atom. The number of hydrogen-bond acceptors (Lipinski definition) is 4. The molecule has 2 N–H and O–H groups in total. The van der Waals surface area contributed by atoms with E-state index in [2.05, 4.69) is 27.3 Å². The molecule has 0 radical (unpaired) electrons. The number of rotatable bonds is 4. The van der Waals surface area contributed by atoms with Crippen LogP contribution in [0, 0.1) is 6.92 Å². The molecule has 1 amide bonds. The highest BCUT2D eigenvalue weighted by Crippen LogP contribution is 2.34. The van der Waals surface area contributed by atoms with E-state index in [-0.39, 0.29) is 5.91 Å². The molecule has 1 saturated heterocycles. The molecule has 0 bridgehead atoms. The van der Waals surface area contributed by atoms with Gasteiger partial charge in [0.05, 0.1) is 11.1 Å². The minimum Gasteiger partial charge on any atom is -0.385 e. The van der Waals surface area contributed by atoms with Crippen LogP contribution in [0.2, 0.25) is 0 Å². The summed E-state index contributed by atoms with van der Waals surface area (Å²) < 4.78 is 0. The molecule has 1 aromatic heterocycles. The van der Waals surface area contributed by atoms with E-state index in [0.29, 0.717) is 12.8 Å². The van der Waals surface area contributed by atoms with E-state index < -0.39 is 5.60 Å². The van der Waals surface area contributed by atoms with Crippen LogP contribution in [-0.4, -0.2) is 34.0 Å². The number of aromatic nitrogens is 1. The van der Waals surface area contributed by atoms with Gasteiger partial charge in [0.25, 0.3) is 0 Å². The van der Waals surface area contributed by atoms with E-state index >= 15 is 0 Å². The number of fused-ring (bicyclic) bond motifs is 1. The fraction of sp³-hybridized carbons (Fsp3) is 0.333. The van der Waals surface area contributed by atoms with Gasteiger partial charge in [-0.15, -0.1) is 0 Å². The molecule has 0 unspecified atom stereocenters. The Balaban J connectivity index is 1.40. The first-order valence-corrected chi connectivity index (χ1v) is 10.1. The Labute approximate surface area is 171 Å². The van der Waals surface area contributed by atoms with Crippen molar-refractivity contribution in [1.29, 1.82) is 0 Å². The molecule has 0 aliphatic carbocycles. The Bertz CT molecular complexity index is 1020. The van der Waals surface area contributed by atoms with Crippen LogP contribution in [0.15, 0.2) is 54.6 Å². The number of hydrogen-bond donors (Lipinski definition) is 2. The first-order valence-electron chi connectivity index (χ1n) is 10.1. The number of aliphatic hydroxyl groups is 1. The van der Waals surface area contributed by atoms with Crippen LogP contribution < -0.4 is 5.32 Å². The van der Waals surface area contributed by atoms with E-state index in [1.165, 1.54) is 12.5 Å². The zero-order valence-corrected chi connectivity index (χ0v) is 17.0. The van der Waals surface area contributed by atoms with Gasteiger partial charge < -0.3 is 10.4 Å². The molecule has 1 aliphatic rings. The summed E-state index contributed by atoms with van der Waals surface area (Å²) in [6.45, 7) is 6.03. The van der Waals surface area contributed by atoms with Gasteiger partial charge >= 0.3 is 0 Å². The predicted octanol–water partition coefficient (Wildman–Crippen LogP) is 3.99. The highest BCUT2D eigenvalue weighted by Gasteiger charge is 2.34. The molecule has 4 rings (SSSR count). The fourth-order valence-corrected chi connectivity index (χ4v) is 4.04. The van der Waals surface area contributed by atoms with E-state index in [4.69, 9.17) is 0 Å². The van der Waals surface area contributed by atoms with Gasteiger partial charge in [0.1, 0.15) is 0 Å². The average molecular weight is 389 g/mol. The van der Waals surface area contributed by atoms with Crippen LogP contribution in [0.3, 0.4) is 0 Å². The number of amides is 1. The largest absolute Gasteiger partial charge is 0.385 e. The van der Waals surface area contributed by atoms with Gasteiger partial charge in [-0.1, -0.05) is 24.3 Å². The summed E-state index contributed by atoms with van der Waals surface area (Å²) in [5.41, 5.74) is 4.19. The second kappa shape index (κ2) is 7.93. The Hall–Kier alpha value is -2.76. The predicted molar refractivity (Wildman–Crippen MR) is 116 cm³/mol. The van der Waals surface area contributed by atoms with Crippen molar-refractivity contribution in [2.24, 2.45) is 0 Å². The lowest BCUT2D eigenvalue weighted by Gasteiger charge is -2.38. The molecule has 2 heterocycles. The molecule has 0 saturated carbocycles. The standard InChI is InChI=1S/C24H27N3O2/c1-17-3-6-20-15-21(7-10-23(20)25-17)24(29)11-13-27(14-12-24)16-19-4-8-22(9-5-19)26-18(2)28/h3-10,15,29H,11-14,16H2,1-2H3,(H,26,28). The summed E-state index contributed by atoms with van der Waals surface area (Å²) >= 11 is 0. The molecule has 29 heavy (non-hydrogen) atoms. The lowest BCUT2D eigenvalue weighted by molar-refractivity contribution is -0.114. The average Bonchev–Trinajstić information content (AvgIpc) is 2.70. The van der Waals surface area contributed by atoms with Crippen LogP contribution in [0.25, 0.3) is 10.9 Å². The summed E-state index contributed by atoms with van der Waals surface area (Å²) in [6.07, 6.45) is 1.42. The van der Waals surface area contributed by atoms with E-state index in [1.807, 2.05) is 49.4 Å². The topological polar surface area (TPSA) is 65.5 Å². The number of pyridine rings is 1. The molecule has 5 nitrogen and oxygen atoms in total. The highest BCUT2D eigenvalue weighted by atomic mass is 16.3. The third kappa shape index (κ3) is 4.47. The van der Waals surface area contributed by atoms with Crippen molar-refractivity contribution in [3.05, 3.63) is 71.4 Å². The number of carbonyl (C=O) groups excluding carboxylic acids is 1. The Kier molecular flexibility index (Phi) is 5.35. The zero-order chi connectivity index (χ0) is 20.4. The van der Waals surface area contributed by atoms with Gasteiger partial charge in [-0.3, -0.25) is 14.7 Å². The van der Waals surface area contributed by atoms with Crippen molar-refractivity contribution in [1.82, 2.24) is 9.88 Å². The zero-order valence-electron chi connectivity index (χ0n) is 17.0. The number of piperidine rings is 1. The smallest absolute Gasteiger partial charge is 0.221 e. The third-order valence-corrected chi connectivity index (χ3v) is 5.73. The van der Waals surface area contributed by atoms with Crippen LogP contribution in [-0.2, 0) is 16.9 Å². The van der Waals surface area contributed by atoms with Crippen molar-refractivity contribution < 1.29 is 9.90 Å². The molecule has 150 valence electrons. The normalized spacial score (nSPS) is 16.7. The summed E-state index contributed by atoms with van der Waals surface area (Å²) in [6, 6.07) is 18.2. The second-order valence-corrected chi connectivity index (χ2v) is 8.05. The van der Waals surface area contributed by atoms with E-state index in [0.717, 1.165) is 47.5 Å². The maximum Gasteiger partial charge on any atom is 0.221 e. The number of nitrogens with zero attached hydrogens (tertiary/aromatic N) is 2. The van der Waals surface area contributed by atoms with Gasteiger partial charge in [0, 0.05) is 43.3 Å². The van der Waals surface area contributed by atoms with Crippen molar-refractivity contribution in [3.8, 4) is 0 Å². The Morgan fingerprint density at radius 1 is 1.10 bits per heavy atom. The molecule has 0 spiro atoms. The molecule has 2 aromatic carbocycles. The molecular formula is C24H27N3O2. The van der Waals surface area contributed by atoms with Crippen molar-refractivity contribution in [2.45, 2.75) is 38.8 Å². The third-order valence-electron chi connectivity index (χ3n) is 5.73. The van der Waals surface area contributed by atoms with Gasteiger partial charge in [0.2, 0.25) is 5.91 Å². The minimum atomic E-state index is -0.787. The molecule has 5 heteroatoms. The van der Waals surface area contributed by atoms with Crippen molar-refractivity contribution >= 4 is 22.5 Å². The van der Waals surface area contributed by atoms with Gasteiger partial charge in [0.15, 0.2) is 0 Å². The first kappa shape index (κ1) is 19.6. The molecule has 1 aliphatic heterocycles. The van der Waals surface area contributed by atoms with E-state index in [9.17, 15) is 9.90 Å². The molecule has 1 fully saturated rings. The summed E-state index contributed by atoms with van der Waals surface area (Å²) in [5, 5.41) is 15.1. The van der Waals surface area contributed by atoms with Gasteiger partial charge in [-0.05, 0) is 61.2 Å². The maximum absolute atomic E-state index is 11.3. The monoisotopic (exact) mass is 389 g/mol. The number of nitrogens with one attached hydrogen (secondary N) is 1. The fourth-order valence-electron chi connectivity index (χ4n) is 4.04. The van der Waals surface area contributed by atoms with Gasteiger partial charge in [-0.25, -0.2) is 0 Å². The highest BCUT2D eigenvalue weighted by molar-refractivity contribution is 5.88. The number of likely N-dealkylation sites (tertiary alicyclic amines) is 1. The van der Waals surface area contributed by atoms with Gasteiger partial charge in [-0.2, -0.15) is 0 Å². The molecule has 3 aromatic rings. The summed E-state index contributed by atoms with van der Waals surface area (Å²) in [4.78, 5) is 18.1. The second-order valence-electron chi connectivity index (χ2n) is 8.05. The first-order chi connectivity index (χ1) is 13.9. The van der Waals surface area contributed by atoms with Crippen molar-refractivity contribution in [2.75, 3.05) is 18.4 Å². The van der Waals surface area contributed by atoms with Crippen molar-refractivity contribution in [3.63, 3.8) is 0 Å². The number of aryl methyl sites for hydroxylation is 1. The van der Waals surface area contributed by atoms with Crippen LogP contribution >= 0.6 is 0 Å². The van der Waals surface area contributed by atoms with E-state index in [1.54, 1.807) is 0 Å². The minimum absolute atomic E-state index is 0.0623. The number of carbonyl (C=O) groups is 1. The molecule has 0 atom stereocenters. The van der Waals surface area contributed by atoms with Crippen LogP contribution in [0.5, 0.6) is 0 Å². The maximum atomic E-state index is 11.3. The lowest BCUT2D eigenvalue weighted by Crippen LogP contribution is -2.42. The quantitative estimate of drug-likeness (QED) is 0.708.